The van der Waals surface area contributed by atoms with Gasteiger partial charge in [-0.25, -0.2) is 0 Å². The zero-order chi connectivity index (χ0) is 19.1. The Bertz CT molecular complexity index is 766. The number of nitrogens with zero attached hydrogens (tertiary/aromatic N) is 1. The van der Waals surface area contributed by atoms with Gasteiger partial charge in [0.1, 0.15) is 0 Å². The third-order valence-electron chi connectivity index (χ3n) is 3.82. The van der Waals surface area contributed by atoms with E-state index in [1.807, 2.05) is 12.1 Å². The SMILES string of the molecule is CN(Cc1ccc(Cl)cc1)C(=O)C[NH+](C)CC(=O)Nc1ccccc1Cl. The normalized spacial score (nSPS) is 11.7. The highest BCUT2D eigenvalue weighted by Crippen LogP contribution is 2.19. The lowest BCUT2D eigenvalue weighted by Crippen LogP contribution is -3.11. The van der Waals surface area contributed by atoms with E-state index in [1.54, 1.807) is 55.4 Å². The van der Waals surface area contributed by atoms with Crippen LogP contribution in [0.1, 0.15) is 5.56 Å². The van der Waals surface area contributed by atoms with Gasteiger partial charge >= 0.3 is 0 Å². The van der Waals surface area contributed by atoms with Gasteiger partial charge in [0.15, 0.2) is 13.1 Å². The molecule has 26 heavy (non-hydrogen) atoms. The summed E-state index contributed by atoms with van der Waals surface area (Å²) in [6, 6.07) is 14.4. The first kappa shape index (κ1) is 20.2. The topological polar surface area (TPSA) is 53.9 Å². The molecule has 0 heterocycles. The summed E-state index contributed by atoms with van der Waals surface area (Å²) in [4.78, 5) is 26.9. The Morgan fingerprint density at radius 2 is 1.69 bits per heavy atom. The largest absolute Gasteiger partial charge is 0.337 e. The van der Waals surface area contributed by atoms with Crippen LogP contribution < -0.4 is 10.2 Å². The van der Waals surface area contributed by atoms with Crippen LogP contribution in [-0.2, 0) is 16.1 Å². The van der Waals surface area contributed by atoms with Crippen LogP contribution in [-0.4, -0.2) is 43.9 Å². The second-order valence-electron chi connectivity index (χ2n) is 6.21. The maximum atomic E-state index is 12.3. The third-order valence-corrected chi connectivity index (χ3v) is 4.40. The number of rotatable bonds is 7. The summed E-state index contributed by atoms with van der Waals surface area (Å²) in [7, 11) is 3.55. The number of halogens is 2. The fourth-order valence-electron chi connectivity index (χ4n) is 2.44. The van der Waals surface area contributed by atoms with Crippen molar-refractivity contribution < 1.29 is 14.5 Å². The Morgan fingerprint density at radius 1 is 1.04 bits per heavy atom. The van der Waals surface area contributed by atoms with Crippen LogP contribution in [0.15, 0.2) is 48.5 Å². The third kappa shape index (κ3) is 6.33. The van der Waals surface area contributed by atoms with E-state index in [0.717, 1.165) is 10.5 Å². The molecule has 7 heteroatoms. The highest BCUT2D eigenvalue weighted by molar-refractivity contribution is 6.33. The van der Waals surface area contributed by atoms with Gasteiger partial charge in [0.05, 0.1) is 17.8 Å². The predicted molar refractivity (Wildman–Crippen MR) is 105 cm³/mol. The quantitative estimate of drug-likeness (QED) is 0.755. The molecule has 0 saturated carbocycles. The van der Waals surface area contributed by atoms with Crippen molar-refractivity contribution in [1.82, 2.24) is 4.90 Å². The van der Waals surface area contributed by atoms with Gasteiger partial charge in [0.25, 0.3) is 11.8 Å². The molecule has 0 saturated heterocycles. The van der Waals surface area contributed by atoms with Crippen LogP contribution in [0.3, 0.4) is 0 Å². The Hall–Kier alpha value is -2.08. The molecule has 2 N–H and O–H groups in total. The van der Waals surface area contributed by atoms with Crippen molar-refractivity contribution >= 4 is 40.7 Å². The molecule has 0 aliphatic rings. The summed E-state index contributed by atoms with van der Waals surface area (Å²) in [5.74, 6) is -0.230. The zero-order valence-electron chi connectivity index (χ0n) is 14.8. The minimum Gasteiger partial charge on any atom is -0.337 e. The van der Waals surface area contributed by atoms with Gasteiger partial charge in [-0.3, -0.25) is 9.59 Å². The molecule has 0 radical (unpaired) electrons. The number of quaternary nitrogens is 1. The first-order valence-electron chi connectivity index (χ1n) is 8.19. The molecule has 0 spiro atoms. The highest BCUT2D eigenvalue weighted by atomic mass is 35.5. The van der Waals surface area contributed by atoms with E-state index < -0.39 is 0 Å². The number of benzene rings is 2. The summed E-state index contributed by atoms with van der Waals surface area (Å²) in [6.07, 6.45) is 0. The standard InChI is InChI=1S/C19H21Cl2N3O2/c1-23(12-18(25)22-17-6-4-3-5-16(17)21)13-19(26)24(2)11-14-7-9-15(20)10-8-14/h3-10H,11-13H2,1-2H3,(H,22,25)/p+1. The molecular weight excluding hydrogens is 373 g/mol. The maximum Gasteiger partial charge on any atom is 0.279 e. The number of nitrogens with one attached hydrogen (secondary N) is 2. The molecule has 1 unspecified atom stereocenters. The molecule has 2 aromatic rings. The van der Waals surface area contributed by atoms with Crippen LogP contribution in [0.4, 0.5) is 5.69 Å². The average molecular weight is 395 g/mol. The Balaban J connectivity index is 1.81. The minimum atomic E-state index is -0.191. The van der Waals surface area contributed by atoms with Gasteiger partial charge in [-0.15, -0.1) is 0 Å². The molecule has 2 amide bonds. The lowest BCUT2D eigenvalue weighted by Gasteiger charge is -2.20. The number of carbonyl (C=O) groups is 2. The van der Waals surface area contributed by atoms with E-state index in [9.17, 15) is 9.59 Å². The second-order valence-corrected chi connectivity index (χ2v) is 7.06. The number of hydrogen-bond donors (Lipinski definition) is 2. The summed E-state index contributed by atoms with van der Waals surface area (Å²) in [6.45, 7) is 0.890. The van der Waals surface area contributed by atoms with Crippen molar-refractivity contribution in [2.75, 3.05) is 32.5 Å². The fraction of sp³-hybridized carbons (Fsp3) is 0.263. The predicted octanol–water partition coefficient (Wildman–Crippen LogP) is 2.11. The molecule has 2 rings (SSSR count). The fourth-order valence-corrected chi connectivity index (χ4v) is 2.75. The molecule has 0 aliphatic carbocycles. The van der Waals surface area contributed by atoms with Crippen LogP contribution in [0.5, 0.6) is 0 Å². The molecule has 0 aliphatic heterocycles. The van der Waals surface area contributed by atoms with Gasteiger partial charge < -0.3 is 15.1 Å². The van der Waals surface area contributed by atoms with Crippen LogP contribution in [0.2, 0.25) is 10.0 Å². The van der Waals surface area contributed by atoms with E-state index >= 15 is 0 Å². The smallest absolute Gasteiger partial charge is 0.279 e. The lowest BCUT2D eigenvalue weighted by molar-refractivity contribution is -0.862. The first-order valence-corrected chi connectivity index (χ1v) is 8.95. The van der Waals surface area contributed by atoms with E-state index in [1.165, 1.54) is 0 Å². The summed E-state index contributed by atoms with van der Waals surface area (Å²) < 4.78 is 0. The minimum absolute atomic E-state index is 0.0389. The Morgan fingerprint density at radius 3 is 2.35 bits per heavy atom. The molecule has 0 bridgehead atoms. The van der Waals surface area contributed by atoms with E-state index in [2.05, 4.69) is 5.32 Å². The van der Waals surface area contributed by atoms with E-state index in [-0.39, 0.29) is 24.9 Å². The number of carbonyl (C=O) groups excluding carboxylic acids is 2. The first-order chi connectivity index (χ1) is 12.3. The average Bonchev–Trinajstić information content (AvgIpc) is 2.58. The summed E-state index contributed by atoms with van der Waals surface area (Å²) >= 11 is 11.9. The molecule has 5 nitrogen and oxygen atoms in total. The number of hydrogen-bond acceptors (Lipinski definition) is 2. The number of amides is 2. The molecule has 2 aromatic carbocycles. The Labute approximate surface area is 163 Å². The van der Waals surface area contributed by atoms with Gasteiger partial charge in [-0.1, -0.05) is 47.5 Å². The zero-order valence-corrected chi connectivity index (χ0v) is 16.3. The van der Waals surface area contributed by atoms with Crippen molar-refractivity contribution in [3.8, 4) is 0 Å². The highest BCUT2D eigenvalue weighted by Gasteiger charge is 2.18. The van der Waals surface area contributed by atoms with Gasteiger partial charge in [-0.05, 0) is 29.8 Å². The van der Waals surface area contributed by atoms with Crippen molar-refractivity contribution in [2.24, 2.45) is 0 Å². The van der Waals surface area contributed by atoms with Crippen LogP contribution in [0, 0.1) is 0 Å². The van der Waals surface area contributed by atoms with Crippen LogP contribution in [0.25, 0.3) is 0 Å². The molecule has 1 atom stereocenters. The molecule has 0 fully saturated rings. The summed E-state index contributed by atoms with van der Waals surface area (Å²) in [5.41, 5.74) is 1.57. The molecule has 138 valence electrons. The molecule has 0 aromatic heterocycles. The van der Waals surface area contributed by atoms with E-state index in [0.29, 0.717) is 22.3 Å². The second kappa shape index (κ2) is 9.57. The lowest BCUT2D eigenvalue weighted by atomic mass is 10.2. The molecular formula is C19H22Cl2N3O2+. The summed E-state index contributed by atoms with van der Waals surface area (Å²) in [5, 5.41) is 3.91. The maximum absolute atomic E-state index is 12.3. The van der Waals surface area contributed by atoms with Crippen molar-refractivity contribution in [1.29, 1.82) is 0 Å². The van der Waals surface area contributed by atoms with Gasteiger partial charge in [-0.2, -0.15) is 0 Å². The monoisotopic (exact) mass is 394 g/mol. The number of anilines is 1. The number of likely N-dealkylation sites (N-methyl/N-ethyl adjacent to an activating group) is 2. The van der Waals surface area contributed by atoms with Gasteiger partial charge in [0, 0.05) is 18.6 Å². The van der Waals surface area contributed by atoms with E-state index in [4.69, 9.17) is 23.2 Å². The van der Waals surface area contributed by atoms with Crippen LogP contribution >= 0.6 is 23.2 Å². The van der Waals surface area contributed by atoms with Crippen molar-refractivity contribution in [2.45, 2.75) is 6.54 Å². The van der Waals surface area contributed by atoms with Crippen molar-refractivity contribution in [3.05, 3.63) is 64.1 Å². The Kier molecular flexibility index (Phi) is 7.45. The number of para-hydroxylation sites is 1. The van der Waals surface area contributed by atoms with Crippen molar-refractivity contribution in [3.63, 3.8) is 0 Å². The van der Waals surface area contributed by atoms with Gasteiger partial charge in [0.2, 0.25) is 0 Å².